The highest BCUT2D eigenvalue weighted by Gasteiger charge is 2.26. The molecule has 0 saturated carbocycles. The van der Waals surface area contributed by atoms with Crippen molar-refractivity contribution >= 4 is 5.91 Å². The highest BCUT2D eigenvalue weighted by molar-refractivity contribution is 5.82. The zero-order valence-corrected chi connectivity index (χ0v) is 10.8. The number of rotatable bonds is 4. The average Bonchev–Trinajstić information content (AvgIpc) is 2.26. The van der Waals surface area contributed by atoms with Crippen molar-refractivity contribution < 1.29 is 4.79 Å². The minimum atomic E-state index is -0.444. The standard InChI is InChI=1S/C12H25N3O/c1-12(2,9-13)11(16)14-7-10-5-4-6-15(3)8-10/h10H,4-9,13H2,1-3H3,(H,14,16). The van der Waals surface area contributed by atoms with Crippen LogP contribution < -0.4 is 11.1 Å². The van der Waals surface area contributed by atoms with Crippen molar-refractivity contribution in [2.45, 2.75) is 26.7 Å². The first-order valence-corrected chi connectivity index (χ1v) is 6.12. The second-order valence-corrected chi connectivity index (χ2v) is 5.57. The zero-order valence-electron chi connectivity index (χ0n) is 10.8. The highest BCUT2D eigenvalue weighted by Crippen LogP contribution is 2.16. The topological polar surface area (TPSA) is 58.4 Å². The van der Waals surface area contributed by atoms with Crippen molar-refractivity contribution in [3.63, 3.8) is 0 Å². The molecule has 1 aliphatic rings. The number of hydrogen-bond acceptors (Lipinski definition) is 3. The fourth-order valence-corrected chi connectivity index (χ4v) is 2.01. The van der Waals surface area contributed by atoms with E-state index in [-0.39, 0.29) is 5.91 Å². The van der Waals surface area contributed by atoms with Crippen LogP contribution in [0.2, 0.25) is 0 Å². The Labute approximate surface area is 98.6 Å². The van der Waals surface area contributed by atoms with Crippen molar-refractivity contribution in [1.29, 1.82) is 0 Å². The first-order valence-electron chi connectivity index (χ1n) is 6.12. The molecule has 1 atom stereocenters. The first-order chi connectivity index (χ1) is 7.45. The molecule has 1 fully saturated rings. The third-order valence-electron chi connectivity index (χ3n) is 3.40. The number of nitrogens with one attached hydrogen (secondary N) is 1. The zero-order chi connectivity index (χ0) is 12.2. The average molecular weight is 227 g/mol. The lowest BCUT2D eigenvalue weighted by molar-refractivity contribution is -0.129. The summed E-state index contributed by atoms with van der Waals surface area (Å²) >= 11 is 0. The Bertz CT molecular complexity index is 240. The van der Waals surface area contributed by atoms with E-state index in [1.165, 1.54) is 19.4 Å². The van der Waals surface area contributed by atoms with Gasteiger partial charge in [0.1, 0.15) is 0 Å². The number of nitrogens with two attached hydrogens (primary N) is 1. The van der Waals surface area contributed by atoms with Gasteiger partial charge in [-0.1, -0.05) is 0 Å². The second-order valence-electron chi connectivity index (χ2n) is 5.57. The maximum absolute atomic E-state index is 11.8. The quantitative estimate of drug-likeness (QED) is 0.732. The van der Waals surface area contributed by atoms with Gasteiger partial charge in [-0.25, -0.2) is 0 Å². The van der Waals surface area contributed by atoms with Crippen molar-refractivity contribution in [3.05, 3.63) is 0 Å². The van der Waals surface area contributed by atoms with E-state index in [2.05, 4.69) is 17.3 Å². The molecule has 1 saturated heterocycles. The third-order valence-corrected chi connectivity index (χ3v) is 3.40. The molecule has 0 aromatic carbocycles. The highest BCUT2D eigenvalue weighted by atomic mass is 16.2. The Hall–Kier alpha value is -0.610. The van der Waals surface area contributed by atoms with Crippen LogP contribution in [0.4, 0.5) is 0 Å². The van der Waals surface area contributed by atoms with E-state index in [4.69, 9.17) is 5.73 Å². The minimum absolute atomic E-state index is 0.0724. The summed E-state index contributed by atoms with van der Waals surface area (Å²) in [5, 5.41) is 3.02. The minimum Gasteiger partial charge on any atom is -0.355 e. The summed E-state index contributed by atoms with van der Waals surface area (Å²) < 4.78 is 0. The van der Waals surface area contributed by atoms with Gasteiger partial charge < -0.3 is 16.0 Å². The van der Waals surface area contributed by atoms with Crippen LogP contribution in [0.25, 0.3) is 0 Å². The van der Waals surface area contributed by atoms with Crippen LogP contribution in [0.3, 0.4) is 0 Å². The number of nitrogens with zero attached hydrogens (tertiary/aromatic N) is 1. The van der Waals surface area contributed by atoms with Crippen LogP contribution in [-0.2, 0) is 4.79 Å². The van der Waals surface area contributed by atoms with Gasteiger partial charge in [-0.15, -0.1) is 0 Å². The second kappa shape index (κ2) is 5.64. The van der Waals surface area contributed by atoms with E-state index in [0.717, 1.165) is 13.1 Å². The van der Waals surface area contributed by atoms with Gasteiger partial charge in [-0.3, -0.25) is 4.79 Å². The molecule has 0 aromatic rings. The fourth-order valence-electron chi connectivity index (χ4n) is 2.01. The molecule has 1 aliphatic heterocycles. The van der Waals surface area contributed by atoms with E-state index >= 15 is 0 Å². The first kappa shape index (κ1) is 13.5. The third kappa shape index (κ3) is 3.76. The van der Waals surface area contributed by atoms with Crippen LogP contribution in [0.1, 0.15) is 26.7 Å². The molecule has 3 N–H and O–H groups in total. The fraction of sp³-hybridized carbons (Fsp3) is 0.917. The Morgan fingerprint density at radius 3 is 2.81 bits per heavy atom. The SMILES string of the molecule is CN1CCCC(CNC(=O)C(C)(C)CN)C1. The van der Waals surface area contributed by atoms with Crippen LogP contribution in [-0.4, -0.2) is 44.0 Å². The molecule has 1 amide bonds. The molecule has 94 valence electrons. The molecular formula is C12H25N3O. The normalized spacial score (nSPS) is 23.1. The summed E-state index contributed by atoms with van der Waals surface area (Å²) in [4.78, 5) is 14.1. The number of hydrogen-bond donors (Lipinski definition) is 2. The molecule has 1 unspecified atom stereocenters. The van der Waals surface area contributed by atoms with Gasteiger partial charge in [-0.2, -0.15) is 0 Å². The molecule has 1 rings (SSSR count). The van der Waals surface area contributed by atoms with Crippen molar-refractivity contribution in [2.24, 2.45) is 17.1 Å². The maximum atomic E-state index is 11.8. The molecule has 0 bridgehead atoms. The number of carbonyl (C=O) groups is 1. The lowest BCUT2D eigenvalue weighted by atomic mass is 9.92. The molecule has 1 heterocycles. The van der Waals surface area contributed by atoms with E-state index < -0.39 is 5.41 Å². The number of amides is 1. The summed E-state index contributed by atoms with van der Waals surface area (Å²) in [7, 11) is 2.14. The predicted molar refractivity (Wildman–Crippen MR) is 66.1 cm³/mol. The Morgan fingerprint density at radius 1 is 1.56 bits per heavy atom. The summed E-state index contributed by atoms with van der Waals surface area (Å²) in [6.07, 6.45) is 2.45. The Morgan fingerprint density at radius 2 is 2.25 bits per heavy atom. The Kier molecular flexibility index (Phi) is 4.74. The van der Waals surface area contributed by atoms with Crippen LogP contribution in [0.15, 0.2) is 0 Å². The van der Waals surface area contributed by atoms with Crippen LogP contribution in [0.5, 0.6) is 0 Å². The largest absolute Gasteiger partial charge is 0.355 e. The van der Waals surface area contributed by atoms with Gasteiger partial charge in [0.05, 0.1) is 5.41 Å². The van der Waals surface area contributed by atoms with E-state index in [1.54, 1.807) is 0 Å². The smallest absolute Gasteiger partial charge is 0.226 e. The predicted octanol–water partition coefficient (Wildman–Crippen LogP) is 0.429. The van der Waals surface area contributed by atoms with Gasteiger partial charge in [0.25, 0.3) is 0 Å². The number of carbonyl (C=O) groups excluding carboxylic acids is 1. The van der Waals surface area contributed by atoms with Gasteiger partial charge in [-0.05, 0) is 46.2 Å². The molecule has 4 nitrogen and oxygen atoms in total. The summed E-state index contributed by atoms with van der Waals surface area (Å²) in [5.41, 5.74) is 5.13. The van der Waals surface area contributed by atoms with Gasteiger partial charge >= 0.3 is 0 Å². The van der Waals surface area contributed by atoms with Crippen molar-refractivity contribution in [2.75, 3.05) is 33.2 Å². The maximum Gasteiger partial charge on any atom is 0.226 e. The molecule has 0 aliphatic carbocycles. The van der Waals surface area contributed by atoms with Gasteiger partial charge in [0, 0.05) is 19.6 Å². The molecule has 0 spiro atoms. The van der Waals surface area contributed by atoms with Gasteiger partial charge in [0.15, 0.2) is 0 Å². The monoisotopic (exact) mass is 227 g/mol. The van der Waals surface area contributed by atoms with E-state index in [0.29, 0.717) is 12.5 Å². The number of likely N-dealkylation sites (tertiary alicyclic amines) is 1. The van der Waals surface area contributed by atoms with E-state index in [9.17, 15) is 4.79 Å². The van der Waals surface area contributed by atoms with Gasteiger partial charge in [0.2, 0.25) is 5.91 Å². The van der Waals surface area contributed by atoms with Crippen LogP contribution >= 0.6 is 0 Å². The van der Waals surface area contributed by atoms with E-state index in [1.807, 2.05) is 13.8 Å². The molecule has 4 heteroatoms. The molecule has 0 aromatic heterocycles. The van der Waals surface area contributed by atoms with Crippen molar-refractivity contribution in [1.82, 2.24) is 10.2 Å². The number of piperidine rings is 1. The summed E-state index contributed by atoms with van der Waals surface area (Å²) in [6.45, 7) is 7.21. The molecule has 0 radical (unpaired) electrons. The van der Waals surface area contributed by atoms with Crippen molar-refractivity contribution in [3.8, 4) is 0 Å². The lowest BCUT2D eigenvalue weighted by Gasteiger charge is -2.30. The summed E-state index contributed by atoms with van der Waals surface area (Å²) in [6, 6.07) is 0. The Balaban J connectivity index is 2.31. The van der Waals surface area contributed by atoms with Crippen LogP contribution in [0, 0.1) is 11.3 Å². The molecule has 16 heavy (non-hydrogen) atoms. The molecular weight excluding hydrogens is 202 g/mol. The lowest BCUT2D eigenvalue weighted by Crippen LogP contribution is -2.45. The summed E-state index contributed by atoms with van der Waals surface area (Å²) in [5.74, 6) is 0.666.